The summed E-state index contributed by atoms with van der Waals surface area (Å²) in [6, 6.07) is 20.4. The molecular weight excluding hydrogens is 354 g/mol. The van der Waals surface area contributed by atoms with E-state index in [1.807, 2.05) is 19.1 Å². The number of nitrogens with zero attached hydrogens (tertiary/aromatic N) is 1. The number of aryl methyl sites for hydroxylation is 1. The van der Waals surface area contributed by atoms with Gasteiger partial charge in [-0.15, -0.1) is 0 Å². The van der Waals surface area contributed by atoms with Gasteiger partial charge in [-0.2, -0.15) is 5.10 Å². The van der Waals surface area contributed by atoms with Crippen LogP contribution in [0.25, 0.3) is 0 Å². The average molecular weight is 373 g/mol. The smallest absolute Gasteiger partial charge is 0.271 e. The lowest BCUT2D eigenvalue weighted by atomic mass is 10.1. The van der Waals surface area contributed by atoms with Crippen LogP contribution in [0.5, 0.6) is 5.75 Å². The van der Waals surface area contributed by atoms with Crippen molar-refractivity contribution in [2.75, 3.05) is 5.32 Å². The molecule has 2 amide bonds. The third kappa shape index (κ3) is 4.82. The van der Waals surface area contributed by atoms with Gasteiger partial charge < -0.3 is 10.4 Å². The van der Waals surface area contributed by atoms with Crippen LogP contribution in [0.4, 0.5) is 5.69 Å². The standard InChI is InChI=1S/C22H19N3O3/c1-15-5-4-7-17(13-15)21(27)24-19-11-9-16(10-12-19)22(28)25-23-14-18-6-2-3-8-20(18)26/h2-14,26H,1H3,(H,24,27)(H,25,28)/b23-14-. The second-order valence-corrected chi connectivity index (χ2v) is 6.16. The zero-order valence-electron chi connectivity index (χ0n) is 15.2. The van der Waals surface area contributed by atoms with Gasteiger partial charge in [0.05, 0.1) is 6.21 Å². The van der Waals surface area contributed by atoms with E-state index in [2.05, 4.69) is 15.8 Å². The number of rotatable bonds is 5. The van der Waals surface area contributed by atoms with Crippen LogP contribution in [0.3, 0.4) is 0 Å². The number of hydrogen-bond donors (Lipinski definition) is 3. The van der Waals surface area contributed by atoms with Gasteiger partial charge >= 0.3 is 0 Å². The minimum absolute atomic E-state index is 0.0780. The van der Waals surface area contributed by atoms with Crippen molar-refractivity contribution < 1.29 is 14.7 Å². The molecule has 0 bridgehead atoms. The van der Waals surface area contributed by atoms with Crippen molar-refractivity contribution in [2.45, 2.75) is 6.92 Å². The first kappa shape index (κ1) is 18.8. The van der Waals surface area contributed by atoms with Crippen LogP contribution in [0, 0.1) is 6.92 Å². The van der Waals surface area contributed by atoms with Gasteiger partial charge in [-0.25, -0.2) is 5.43 Å². The Kier molecular flexibility index (Phi) is 5.81. The molecule has 0 atom stereocenters. The SMILES string of the molecule is Cc1cccc(C(=O)Nc2ccc(C(=O)N/N=C\c3ccccc3O)cc2)c1. The van der Waals surface area contributed by atoms with Crippen molar-refractivity contribution in [2.24, 2.45) is 5.10 Å². The molecule has 0 aromatic heterocycles. The molecule has 3 N–H and O–H groups in total. The van der Waals surface area contributed by atoms with E-state index < -0.39 is 5.91 Å². The molecule has 6 nitrogen and oxygen atoms in total. The van der Waals surface area contributed by atoms with Gasteiger partial charge in [0, 0.05) is 22.4 Å². The second-order valence-electron chi connectivity index (χ2n) is 6.16. The summed E-state index contributed by atoms with van der Waals surface area (Å²) in [4.78, 5) is 24.4. The molecule has 0 heterocycles. The van der Waals surface area contributed by atoms with Crippen LogP contribution in [0.15, 0.2) is 77.9 Å². The number of anilines is 1. The van der Waals surface area contributed by atoms with Crippen molar-refractivity contribution in [3.05, 3.63) is 95.1 Å². The van der Waals surface area contributed by atoms with Gasteiger partial charge in [0.2, 0.25) is 0 Å². The highest BCUT2D eigenvalue weighted by molar-refractivity contribution is 6.04. The Hall–Kier alpha value is -3.93. The molecular formula is C22H19N3O3. The fourth-order valence-electron chi connectivity index (χ4n) is 2.52. The normalized spacial score (nSPS) is 10.6. The maximum Gasteiger partial charge on any atom is 0.271 e. The predicted molar refractivity (Wildman–Crippen MR) is 109 cm³/mol. The van der Waals surface area contributed by atoms with E-state index in [1.54, 1.807) is 54.6 Å². The molecule has 0 aliphatic rings. The minimum Gasteiger partial charge on any atom is -0.507 e. The summed E-state index contributed by atoms with van der Waals surface area (Å²) in [7, 11) is 0. The number of aromatic hydroxyl groups is 1. The molecule has 0 spiro atoms. The van der Waals surface area contributed by atoms with Gasteiger partial charge in [-0.3, -0.25) is 9.59 Å². The number of nitrogens with one attached hydrogen (secondary N) is 2. The molecule has 0 unspecified atom stereocenters. The van der Waals surface area contributed by atoms with Crippen LogP contribution in [-0.4, -0.2) is 23.1 Å². The number of carbonyl (C=O) groups is 2. The molecule has 140 valence electrons. The lowest BCUT2D eigenvalue weighted by molar-refractivity contribution is 0.0954. The van der Waals surface area contributed by atoms with Crippen molar-refractivity contribution in [3.63, 3.8) is 0 Å². The largest absolute Gasteiger partial charge is 0.507 e. The Morgan fingerprint density at radius 1 is 0.893 bits per heavy atom. The summed E-state index contributed by atoms with van der Waals surface area (Å²) in [6.07, 6.45) is 1.36. The first-order valence-electron chi connectivity index (χ1n) is 8.62. The summed E-state index contributed by atoms with van der Waals surface area (Å²) >= 11 is 0. The second kappa shape index (κ2) is 8.64. The van der Waals surface area contributed by atoms with E-state index in [9.17, 15) is 14.7 Å². The molecule has 0 aliphatic heterocycles. The van der Waals surface area contributed by atoms with E-state index in [0.29, 0.717) is 22.4 Å². The number of carbonyl (C=O) groups excluding carboxylic acids is 2. The highest BCUT2D eigenvalue weighted by atomic mass is 16.3. The fourth-order valence-corrected chi connectivity index (χ4v) is 2.52. The number of hydrogen-bond acceptors (Lipinski definition) is 4. The lowest BCUT2D eigenvalue weighted by Gasteiger charge is -2.07. The third-order valence-electron chi connectivity index (χ3n) is 3.99. The third-order valence-corrected chi connectivity index (χ3v) is 3.99. The lowest BCUT2D eigenvalue weighted by Crippen LogP contribution is -2.18. The Morgan fingerprint density at radius 3 is 2.36 bits per heavy atom. The fraction of sp³-hybridized carbons (Fsp3) is 0.0455. The molecule has 0 radical (unpaired) electrons. The first-order chi connectivity index (χ1) is 13.5. The quantitative estimate of drug-likeness (QED) is 0.470. The van der Waals surface area contributed by atoms with Crippen LogP contribution in [0.2, 0.25) is 0 Å². The summed E-state index contributed by atoms with van der Waals surface area (Å²) < 4.78 is 0. The van der Waals surface area contributed by atoms with Gasteiger partial charge in [-0.1, -0.05) is 29.8 Å². The molecule has 0 saturated heterocycles. The summed E-state index contributed by atoms with van der Waals surface area (Å²) in [5.41, 5.74) is 5.45. The molecule has 0 fully saturated rings. The zero-order chi connectivity index (χ0) is 19.9. The predicted octanol–water partition coefficient (Wildman–Crippen LogP) is 3.72. The molecule has 3 aromatic rings. The molecule has 28 heavy (non-hydrogen) atoms. The zero-order valence-corrected chi connectivity index (χ0v) is 15.2. The highest BCUT2D eigenvalue weighted by Gasteiger charge is 2.08. The first-order valence-corrected chi connectivity index (χ1v) is 8.62. The number of phenolic OH excluding ortho intramolecular Hbond substituents is 1. The minimum atomic E-state index is -0.400. The number of hydrazone groups is 1. The van der Waals surface area contributed by atoms with Crippen LogP contribution in [-0.2, 0) is 0 Å². The van der Waals surface area contributed by atoms with E-state index in [1.165, 1.54) is 12.3 Å². The van der Waals surface area contributed by atoms with Gasteiger partial charge in [-0.05, 0) is 55.5 Å². The van der Waals surface area contributed by atoms with Crippen LogP contribution >= 0.6 is 0 Å². The average Bonchev–Trinajstić information content (AvgIpc) is 2.70. The van der Waals surface area contributed by atoms with Crippen molar-refractivity contribution in [1.29, 1.82) is 0 Å². The van der Waals surface area contributed by atoms with E-state index in [0.717, 1.165) is 5.56 Å². The van der Waals surface area contributed by atoms with Crippen molar-refractivity contribution in [3.8, 4) is 5.75 Å². The Labute approximate surface area is 162 Å². The topological polar surface area (TPSA) is 90.8 Å². The molecule has 0 saturated carbocycles. The summed E-state index contributed by atoms with van der Waals surface area (Å²) in [6.45, 7) is 1.92. The van der Waals surface area contributed by atoms with Crippen molar-refractivity contribution >= 4 is 23.7 Å². The maximum absolute atomic E-state index is 12.3. The monoisotopic (exact) mass is 373 g/mol. The molecule has 0 aliphatic carbocycles. The number of amides is 2. The van der Waals surface area contributed by atoms with Crippen LogP contribution < -0.4 is 10.7 Å². The van der Waals surface area contributed by atoms with E-state index >= 15 is 0 Å². The maximum atomic E-state index is 12.3. The van der Waals surface area contributed by atoms with Gasteiger partial charge in [0.1, 0.15) is 5.75 Å². The van der Waals surface area contributed by atoms with E-state index in [-0.39, 0.29) is 11.7 Å². The Morgan fingerprint density at radius 2 is 1.64 bits per heavy atom. The van der Waals surface area contributed by atoms with Gasteiger partial charge in [0.15, 0.2) is 0 Å². The Bertz CT molecular complexity index is 1030. The molecule has 3 rings (SSSR count). The summed E-state index contributed by atoms with van der Waals surface area (Å²) in [5, 5.41) is 16.3. The van der Waals surface area contributed by atoms with E-state index in [4.69, 9.17) is 0 Å². The van der Waals surface area contributed by atoms with Crippen LogP contribution in [0.1, 0.15) is 31.8 Å². The van der Waals surface area contributed by atoms with Gasteiger partial charge in [0.25, 0.3) is 11.8 Å². The van der Waals surface area contributed by atoms with Crippen molar-refractivity contribution in [1.82, 2.24) is 5.43 Å². The number of phenols is 1. The molecule has 6 heteroatoms. The summed E-state index contributed by atoms with van der Waals surface area (Å²) in [5.74, 6) is -0.536. The highest BCUT2D eigenvalue weighted by Crippen LogP contribution is 2.14. The number of para-hydroxylation sites is 1. The number of benzene rings is 3. The Balaban J connectivity index is 1.60. The molecule has 3 aromatic carbocycles.